The Morgan fingerprint density at radius 3 is 2.04 bits per heavy atom. The molecule has 1 aliphatic carbocycles. The molecule has 3 heterocycles. The zero-order valence-electron chi connectivity index (χ0n) is 29.0. The summed E-state index contributed by atoms with van der Waals surface area (Å²) >= 11 is 0. The predicted molar refractivity (Wildman–Crippen MR) is 184 cm³/mol. The second-order valence-corrected chi connectivity index (χ2v) is 13.4. The zero-order chi connectivity index (χ0) is 34.3. The SMILES string of the molecule is COc1cc2c(cc1O)[C@@H]1Cc3c(Oc4c(OC)cc5c6c4-c4c(ccc(OC)c4OC)C[C@@H]6N(C)CC5)cc(OC)c(O)c3[C@H](C2)N1C. The molecular formula is C39H42N2O8. The van der Waals surface area contributed by atoms with E-state index in [-0.39, 0.29) is 29.6 Å². The number of hydrogen-bond acceptors (Lipinski definition) is 10. The van der Waals surface area contributed by atoms with Crippen LogP contribution in [0, 0.1) is 0 Å². The summed E-state index contributed by atoms with van der Waals surface area (Å²) in [6.07, 6.45) is 2.85. The van der Waals surface area contributed by atoms with Gasteiger partial charge in [0, 0.05) is 53.0 Å². The number of likely N-dealkylation sites (N-methyl/N-ethyl adjacent to an activating group) is 2. The Balaban J connectivity index is 1.36. The summed E-state index contributed by atoms with van der Waals surface area (Å²) in [6.45, 7) is 0.935. The molecule has 0 unspecified atom stereocenters. The van der Waals surface area contributed by atoms with Crippen molar-refractivity contribution in [3.63, 3.8) is 0 Å². The third kappa shape index (κ3) is 4.53. The van der Waals surface area contributed by atoms with Crippen LogP contribution < -0.4 is 28.4 Å². The van der Waals surface area contributed by atoms with Gasteiger partial charge in [0.05, 0.1) is 35.5 Å². The Labute approximate surface area is 286 Å². The molecular weight excluding hydrogens is 624 g/mol. The standard InChI is InChI=1S/C39H42N2O8/c1-40-11-10-20-14-32(47-6)39(36-33(20)25(40)12-19-8-9-28(44-3)38(48-7)34(19)36)49-29-18-31(46-5)37(43)35-23(29)16-24-22-17-27(42)30(45-4)15-21(22)13-26(35)41(24)2/h8-9,14-15,17-18,24-26,42-43H,10-13,16H2,1-7H3/t24-,25-,26-/m0/s1. The number of hydrogen-bond donors (Lipinski definition) is 2. The molecule has 4 aromatic carbocycles. The minimum atomic E-state index is -0.167. The van der Waals surface area contributed by atoms with Crippen LogP contribution in [-0.4, -0.2) is 76.2 Å². The Hall–Kier alpha value is -4.80. The summed E-state index contributed by atoms with van der Waals surface area (Å²) in [4.78, 5) is 4.67. The average molecular weight is 667 g/mol. The lowest BCUT2D eigenvalue weighted by molar-refractivity contribution is 0.132. The Bertz CT molecular complexity index is 2010. The number of benzene rings is 4. The van der Waals surface area contributed by atoms with Crippen LogP contribution in [0.15, 0.2) is 36.4 Å². The number of methoxy groups -OCH3 is 5. The van der Waals surface area contributed by atoms with Gasteiger partial charge < -0.3 is 38.6 Å². The van der Waals surface area contributed by atoms with Crippen molar-refractivity contribution in [2.45, 2.75) is 43.8 Å². The molecule has 10 heteroatoms. The fourth-order valence-electron chi connectivity index (χ4n) is 8.78. The fraction of sp³-hybridized carbons (Fsp3) is 0.385. The number of nitrogens with zero attached hydrogens (tertiary/aromatic N) is 2. The topological polar surface area (TPSA) is 102 Å². The van der Waals surface area contributed by atoms with E-state index in [4.69, 9.17) is 28.4 Å². The van der Waals surface area contributed by atoms with E-state index >= 15 is 0 Å². The summed E-state index contributed by atoms with van der Waals surface area (Å²) in [5.74, 6) is 4.05. The second kappa shape index (κ2) is 11.7. The number of fused-ring (bicyclic) bond motifs is 8. The highest BCUT2D eigenvalue weighted by Crippen LogP contribution is 2.59. The van der Waals surface area contributed by atoms with E-state index in [1.807, 2.05) is 18.2 Å². The van der Waals surface area contributed by atoms with Crippen molar-refractivity contribution in [1.82, 2.24) is 9.80 Å². The van der Waals surface area contributed by atoms with Crippen molar-refractivity contribution in [1.29, 1.82) is 0 Å². The summed E-state index contributed by atoms with van der Waals surface area (Å²) in [6, 6.07) is 11.6. The summed E-state index contributed by atoms with van der Waals surface area (Å²) in [5, 5.41) is 22.5. The molecule has 4 aliphatic rings. The Morgan fingerprint density at radius 1 is 0.612 bits per heavy atom. The summed E-state index contributed by atoms with van der Waals surface area (Å²) in [7, 11) is 12.3. The maximum absolute atomic E-state index is 11.7. The van der Waals surface area contributed by atoms with Gasteiger partial charge in [0.25, 0.3) is 0 Å². The van der Waals surface area contributed by atoms with Crippen molar-refractivity contribution in [2.24, 2.45) is 0 Å². The second-order valence-electron chi connectivity index (χ2n) is 13.4. The van der Waals surface area contributed by atoms with Gasteiger partial charge in [-0.25, -0.2) is 0 Å². The van der Waals surface area contributed by atoms with Gasteiger partial charge in [-0.15, -0.1) is 0 Å². The molecule has 8 rings (SSSR count). The lowest BCUT2D eigenvalue weighted by Crippen LogP contribution is -2.40. The smallest absolute Gasteiger partial charge is 0.177 e. The van der Waals surface area contributed by atoms with Crippen LogP contribution in [0.4, 0.5) is 0 Å². The van der Waals surface area contributed by atoms with Crippen molar-refractivity contribution < 1.29 is 38.6 Å². The molecule has 2 bridgehead atoms. The quantitative estimate of drug-likeness (QED) is 0.227. The number of phenolic OH excluding ortho intramolecular Hbond substituents is 2. The largest absolute Gasteiger partial charge is 0.504 e. The third-order valence-corrected chi connectivity index (χ3v) is 11.2. The lowest BCUT2D eigenvalue weighted by atomic mass is 9.75. The van der Waals surface area contributed by atoms with Gasteiger partial charge in [-0.05, 0) is 91.9 Å². The highest BCUT2D eigenvalue weighted by Gasteiger charge is 2.44. The highest BCUT2D eigenvalue weighted by atomic mass is 16.5. The zero-order valence-corrected chi connectivity index (χ0v) is 29.0. The fourth-order valence-corrected chi connectivity index (χ4v) is 8.78. The van der Waals surface area contributed by atoms with Crippen LogP contribution >= 0.6 is 0 Å². The van der Waals surface area contributed by atoms with Gasteiger partial charge >= 0.3 is 0 Å². The molecule has 10 nitrogen and oxygen atoms in total. The van der Waals surface area contributed by atoms with E-state index in [1.165, 1.54) is 11.1 Å². The molecule has 49 heavy (non-hydrogen) atoms. The number of phenols is 2. The van der Waals surface area contributed by atoms with Gasteiger partial charge in [-0.3, -0.25) is 9.80 Å². The summed E-state index contributed by atoms with van der Waals surface area (Å²) < 4.78 is 36.4. The van der Waals surface area contributed by atoms with Crippen molar-refractivity contribution in [3.05, 3.63) is 75.3 Å². The van der Waals surface area contributed by atoms with Gasteiger partial charge in [-0.2, -0.15) is 0 Å². The maximum atomic E-state index is 11.7. The van der Waals surface area contributed by atoms with E-state index in [1.54, 1.807) is 41.6 Å². The number of aromatic hydroxyl groups is 2. The molecule has 0 fully saturated rings. The number of rotatable bonds is 7. The van der Waals surface area contributed by atoms with Crippen molar-refractivity contribution in [3.8, 4) is 62.9 Å². The van der Waals surface area contributed by atoms with Crippen molar-refractivity contribution >= 4 is 0 Å². The van der Waals surface area contributed by atoms with Crippen LogP contribution in [0.2, 0.25) is 0 Å². The van der Waals surface area contributed by atoms with E-state index in [9.17, 15) is 10.2 Å². The monoisotopic (exact) mass is 666 g/mol. The molecule has 0 saturated heterocycles. The van der Waals surface area contributed by atoms with E-state index in [0.717, 1.165) is 58.3 Å². The molecule has 3 atom stereocenters. The molecule has 4 aromatic rings. The highest BCUT2D eigenvalue weighted by molar-refractivity contribution is 5.89. The van der Waals surface area contributed by atoms with Gasteiger partial charge in [-0.1, -0.05) is 6.07 Å². The molecule has 256 valence electrons. The maximum Gasteiger partial charge on any atom is 0.177 e. The number of ether oxygens (including phenoxy) is 6. The lowest BCUT2D eigenvalue weighted by Gasteiger charge is -2.46. The first-order valence-electron chi connectivity index (χ1n) is 16.6. The first kappa shape index (κ1) is 31.5. The van der Waals surface area contributed by atoms with E-state index in [0.29, 0.717) is 53.1 Å². The molecule has 0 amide bonds. The van der Waals surface area contributed by atoms with E-state index < -0.39 is 0 Å². The first-order chi connectivity index (χ1) is 23.7. The molecule has 0 saturated carbocycles. The minimum Gasteiger partial charge on any atom is -0.504 e. The van der Waals surface area contributed by atoms with Gasteiger partial charge in [0.15, 0.2) is 46.0 Å². The predicted octanol–water partition coefficient (Wildman–Crippen LogP) is 6.51. The van der Waals surface area contributed by atoms with Gasteiger partial charge in [0.2, 0.25) is 0 Å². The van der Waals surface area contributed by atoms with Crippen LogP contribution in [0.25, 0.3) is 11.1 Å². The van der Waals surface area contributed by atoms with Crippen molar-refractivity contribution in [2.75, 3.05) is 56.2 Å². The van der Waals surface area contributed by atoms with Crippen LogP contribution in [0.5, 0.6) is 51.7 Å². The minimum absolute atomic E-state index is 0.0694. The summed E-state index contributed by atoms with van der Waals surface area (Å²) in [5.41, 5.74) is 9.21. The van der Waals surface area contributed by atoms with Gasteiger partial charge in [0.1, 0.15) is 5.75 Å². The van der Waals surface area contributed by atoms with E-state index in [2.05, 4.69) is 36.0 Å². The Morgan fingerprint density at radius 2 is 1.33 bits per heavy atom. The third-order valence-electron chi connectivity index (χ3n) is 11.2. The van der Waals surface area contributed by atoms with Crippen LogP contribution in [0.3, 0.4) is 0 Å². The van der Waals surface area contributed by atoms with Crippen LogP contribution in [0.1, 0.15) is 57.1 Å². The first-order valence-corrected chi connectivity index (χ1v) is 16.6. The molecule has 2 N–H and O–H groups in total. The average Bonchev–Trinajstić information content (AvgIpc) is 3.11. The molecule has 0 spiro atoms. The Kier molecular flexibility index (Phi) is 7.49. The molecule has 0 aromatic heterocycles. The normalized spacial score (nSPS) is 20.3. The molecule has 0 radical (unpaired) electrons. The molecule has 3 aliphatic heterocycles. The van der Waals surface area contributed by atoms with Crippen LogP contribution in [-0.2, 0) is 25.7 Å².